The lowest BCUT2D eigenvalue weighted by Gasteiger charge is -2.32. The first-order valence-electron chi connectivity index (χ1n) is 16.9. The fourth-order valence-corrected chi connectivity index (χ4v) is 8.15. The number of nitrogens with zero attached hydrogens (tertiary/aromatic N) is 3. The van der Waals surface area contributed by atoms with Crippen molar-refractivity contribution >= 4 is 44.1 Å². The highest BCUT2D eigenvalue weighted by atomic mass is 35.5. The van der Waals surface area contributed by atoms with Crippen LogP contribution in [0.1, 0.15) is 52.7 Å². The summed E-state index contributed by atoms with van der Waals surface area (Å²) in [6.45, 7) is 5.18. The molecule has 0 unspecified atom stereocenters. The van der Waals surface area contributed by atoms with Gasteiger partial charge in [-0.1, -0.05) is 48.0 Å². The summed E-state index contributed by atoms with van der Waals surface area (Å²) in [7, 11) is 2.44. The van der Waals surface area contributed by atoms with Crippen LogP contribution in [0.25, 0.3) is 10.9 Å². The van der Waals surface area contributed by atoms with Gasteiger partial charge in [0.25, 0.3) is 5.91 Å². The van der Waals surface area contributed by atoms with Crippen LogP contribution in [-0.2, 0) is 28.7 Å². The number of amides is 1. The normalized spacial score (nSPS) is 16.1. The summed E-state index contributed by atoms with van der Waals surface area (Å²) in [5, 5.41) is 4.59. The molecule has 2 aliphatic rings. The average molecular weight is 709 g/mol. The molecule has 0 atom stereocenters. The number of aromatic amines is 1. The zero-order chi connectivity index (χ0) is 35.0. The third kappa shape index (κ3) is 9.98. The Kier molecular flexibility index (Phi) is 12.6. The van der Waals surface area contributed by atoms with Gasteiger partial charge in [0.1, 0.15) is 5.75 Å². The number of hydrogen-bond donors (Lipinski definition) is 3. The lowest BCUT2D eigenvalue weighted by molar-refractivity contribution is 0.0906. The monoisotopic (exact) mass is 708 g/mol. The fraction of sp³-hybridized carbons (Fsp3) is 0.432. The number of piperidine rings is 1. The number of ether oxygens (including phenoxy) is 1. The SMILES string of the molecule is CN(C)CCc1c[nH]c2ccc(CS(=O)(=O)N3CCCC3)cc12.COc1cc(N)c(Cl)cc1C(=O)NC1CCN(Cc2ccccc2)CC1. The minimum Gasteiger partial charge on any atom is -0.496 e. The van der Waals surface area contributed by atoms with Gasteiger partial charge < -0.3 is 25.7 Å². The van der Waals surface area contributed by atoms with Crippen LogP contribution in [0.5, 0.6) is 5.75 Å². The maximum absolute atomic E-state index is 12.6. The van der Waals surface area contributed by atoms with Crippen LogP contribution in [0, 0.1) is 0 Å². The Hall–Kier alpha value is -3.61. The van der Waals surface area contributed by atoms with E-state index >= 15 is 0 Å². The highest BCUT2D eigenvalue weighted by Crippen LogP contribution is 2.29. The van der Waals surface area contributed by atoms with E-state index in [1.54, 1.807) is 16.4 Å². The summed E-state index contributed by atoms with van der Waals surface area (Å²) in [6, 6.07) is 19.7. The van der Waals surface area contributed by atoms with E-state index in [9.17, 15) is 13.2 Å². The van der Waals surface area contributed by atoms with Crippen LogP contribution in [0.15, 0.2) is 66.9 Å². The minimum absolute atomic E-state index is 0.0985. The number of methoxy groups -OCH3 is 1. The molecule has 49 heavy (non-hydrogen) atoms. The molecule has 4 aromatic rings. The number of nitrogens with two attached hydrogens (primary N) is 1. The molecule has 1 aromatic heterocycles. The minimum atomic E-state index is -3.19. The zero-order valence-corrected chi connectivity index (χ0v) is 30.3. The second-order valence-corrected chi connectivity index (χ2v) is 15.6. The molecule has 264 valence electrons. The number of sulfonamides is 1. The summed E-state index contributed by atoms with van der Waals surface area (Å²) < 4.78 is 31.9. The van der Waals surface area contributed by atoms with Gasteiger partial charge in [-0.2, -0.15) is 0 Å². The summed E-state index contributed by atoms with van der Waals surface area (Å²) in [5.74, 6) is 0.359. The number of carbonyl (C=O) groups is 1. The number of nitrogen functional groups attached to an aromatic ring is 1. The number of rotatable bonds is 11. The van der Waals surface area contributed by atoms with Gasteiger partial charge in [0, 0.05) is 68.5 Å². The van der Waals surface area contributed by atoms with Crippen molar-refractivity contribution in [2.24, 2.45) is 0 Å². The summed E-state index contributed by atoms with van der Waals surface area (Å²) >= 11 is 6.06. The van der Waals surface area contributed by atoms with Crippen molar-refractivity contribution in [3.63, 3.8) is 0 Å². The fourth-order valence-electron chi connectivity index (χ4n) is 6.39. The number of likely N-dealkylation sites (N-methyl/N-ethyl adjacent to an activating group) is 1. The molecule has 0 saturated carbocycles. The second-order valence-electron chi connectivity index (χ2n) is 13.2. The number of fused-ring (bicyclic) bond motifs is 1. The lowest BCUT2D eigenvalue weighted by Crippen LogP contribution is -2.44. The molecule has 0 spiro atoms. The quantitative estimate of drug-likeness (QED) is 0.175. The van der Waals surface area contributed by atoms with Crippen molar-refractivity contribution in [2.45, 2.75) is 50.4 Å². The Bertz CT molecular complexity index is 1800. The molecule has 12 heteroatoms. The first-order valence-corrected chi connectivity index (χ1v) is 18.9. The summed E-state index contributed by atoms with van der Waals surface area (Å²) in [4.78, 5) is 20.5. The molecule has 0 bridgehead atoms. The maximum atomic E-state index is 12.6. The Balaban J connectivity index is 0.000000192. The van der Waals surface area contributed by atoms with Crippen molar-refractivity contribution < 1.29 is 17.9 Å². The van der Waals surface area contributed by atoms with Crippen molar-refractivity contribution in [2.75, 3.05) is 59.7 Å². The van der Waals surface area contributed by atoms with E-state index < -0.39 is 10.0 Å². The molecule has 2 fully saturated rings. The zero-order valence-electron chi connectivity index (χ0n) is 28.8. The number of carbonyl (C=O) groups excluding carboxylic acids is 1. The van der Waals surface area contributed by atoms with E-state index in [0.717, 1.165) is 74.7 Å². The van der Waals surface area contributed by atoms with Crippen molar-refractivity contribution in [1.29, 1.82) is 0 Å². The number of hydrogen-bond acceptors (Lipinski definition) is 7. The van der Waals surface area contributed by atoms with Gasteiger partial charge in [0.05, 0.1) is 29.1 Å². The van der Waals surface area contributed by atoms with Crippen LogP contribution in [-0.4, -0.2) is 93.4 Å². The Morgan fingerprint density at radius 2 is 1.73 bits per heavy atom. The van der Waals surface area contributed by atoms with Gasteiger partial charge >= 0.3 is 0 Å². The van der Waals surface area contributed by atoms with E-state index in [0.29, 0.717) is 35.1 Å². The van der Waals surface area contributed by atoms with Gasteiger partial charge in [-0.3, -0.25) is 9.69 Å². The van der Waals surface area contributed by atoms with E-state index in [1.807, 2.05) is 30.5 Å². The lowest BCUT2D eigenvalue weighted by atomic mass is 10.0. The van der Waals surface area contributed by atoms with Crippen LogP contribution >= 0.6 is 11.6 Å². The summed E-state index contributed by atoms with van der Waals surface area (Å²) in [6.07, 6.45) is 6.78. The molecule has 10 nitrogen and oxygen atoms in total. The third-order valence-corrected chi connectivity index (χ3v) is 11.4. The Morgan fingerprint density at radius 3 is 2.41 bits per heavy atom. The molecule has 0 radical (unpaired) electrons. The summed E-state index contributed by atoms with van der Waals surface area (Å²) in [5.41, 5.74) is 11.1. The number of anilines is 1. The van der Waals surface area contributed by atoms with E-state index in [2.05, 4.69) is 58.5 Å². The average Bonchev–Trinajstić information content (AvgIpc) is 3.78. The van der Waals surface area contributed by atoms with E-state index in [1.165, 1.54) is 18.2 Å². The number of aromatic nitrogens is 1. The van der Waals surface area contributed by atoms with Gasteiger partial charge in [-0.15, -0.1) is 0 Å². The van der Waals surface area contributed by atoms with Gasteiger partial charge in [0.2, 0.25) is 10.0 Å². The molecule has 3 heterocycles. The first-order chi connectivity index (χ1) is 23.5. The van der Waals surface area contributed by atoms with Crippen LogP contribution in [0.3, 0.4) is 0 Å². The Labute approximate surface area is 295 Å². The van der Waals surface area contributed by atoms with E-state index in [-0.39, 0.29) is 17.7 Å². The smallest absolute Gasteiger partial charge is 0.255 e. The molecule has 4 N–H and O–H groups in total. The number of H-pyrrole nitrogens is 1. The number of nitrogens with one attached hydrogen (secondary N) is 2. The van der Waals surface area contributed by atoms with Crippen molar-refractivity contribution in [3.8, 4) is 5.75 Å². The highest BCUT2D eigenvalue weighted by molar-refractivity contribution is 7.88. The standard InChI is InChI=1S/C20H24ClN3O2.C17H25N3O2S/c1-26-19-12-18(22)17(21)11-16(19)20(25)23-15-7-9-24(10-8-15)13-14-5-3-2-4-6-14;1-19(2)10-7-15-12-18-17-6-5-14(11-16(15)17)13-23(21,22)20-8-3-4-9-20/h2-6,11-12,15H,7-10,13,22H2,1H3,(H,23,25);5-6,11-12,18H,3-4,7-10,13H2,1-2H3. The Morgan fingerprint density at radius 1 is 1.02 bits per heavy atom. The predicted molar refractivity (Wildman–Crippen MR) is 199 cm³/mol. The molecule has 6 rings (SSSR count). The molecular formula is C37H49ClN6O4S. The molecule has 2 aliphatic heterocycles. The van der Waals surface area contributed by atoms with E-state index in [4.69, 9.17) is 22.1 Å². The van der Waals surface area contributed by atoms with Gasteiger partial charge in [0.15, 0.2) is 0 Å². The largest absolute Gasteiger partial charge is 0.496 e. The van der Waals surface area contributed by atoms with Crippen LogP contribution in [0.2, 0.25) is 5.02 Å². The van der Waals surface area contributed by atoms with Crippen molar-refractivity contribution in [1.82, 2.24) is 24.4 Å². The molecule has 1 amide bonds. The number of benzene rings is 3. The van der Waals surface area contributed by atoms with Crippen LogP contribution in [0.4, 0.5) is 5.69 Å². The van der Waals surface area contributed by atoms with Gasteiger partial charge in [-0.05, 0) is 81.1 Å². The third-order valence-electron chi connectivity index (χ3n) is 9.20. The maximum Gasteiger partial charge on any atom is 0.255 e. The van der Waals surface area contributed by atoms with Crippen molar-refractivity contribution in [3.05, 3.63) is 94.1 Å². The molecule has 0 aliphatic carbocycles. The highest BCUT2D eigenvalue weighted by Gasteiger charge is 2.26. The number of likely N-dealkylation sites (tertiary alicyclic amines) is 1. The van der Waals surface area contributed by atoms with Gasteiger partial charge in [-0.25, -0.2) is 12.7 Å². The van der Waals surface area contributed by atoms with Crippen LogP contribution < -0.4 is 15.8 Å². The number of halogens is 1. The molecule has 3 aromatic carbocycles. The second kappa shape index (κ2) is 16.9. The molecule has 2 saturated heterocycles. The predicted octanol–water partition coefficient (Wildman–Crippen LogP) is 5.52. The molecular weight excluding hydrogens is 660 g/mol. The first kappa shape index (κ1) is 36.7. The topological polar surface area (TPSA) is 124 Å².